The number of aromatic nitrogens is 4. The molecule has 0 bridgehead atoms. The summed E-state index contributed by atoms with van der Waals surface area (Å²) < 4.78 is 67.7. The van der Waals surface area contributed by atoms with Crippen LogP contribution in [0.1, 0.15) is 6.23 Å². The van der Waals surface area contributed by atoms with E-state index in [4.69, 9.17) is 20.3 Å². The lowest BCUT2D eigenvalue weighted by Gasteiger charge is -2.30. The van der Waals surface area contributed by atoms with Crippen LogP contribution >= 0.6 is 23.5 Å². The van der Waals surface area contributed by atoms with E-state index in [0.717, 1.165) is 17.2 Å². The molecule has 18 nitrogen and oxygen atoms in total. The summed E-state index contributed by atoms with van der Waals surface area (Å²) in [6, 6.07) is 0. The zero-order valence-corrected chi connectivity index (χ0v) is 19.3. The largest absolute Gasteiger partial charge is 0.490 e. The highest BCUT2D eigenvalue weighted by Crippen LogP contribution is 2.66. The van der Waals surface area contributed by atoms with Gasteiger partial charge in [0.05, 0.1) is 19.5 Å². The molecule has 0 aromatic carbocycles. The number of phosphoric acid groups is 3. The summed E-state index contributed by atoms with van der Waals surface area (Å²) in [5, 5.41) is 10.5. The monoisotopic (exact) mass is 550 g/mol. The first-order chi connectivity index (χ1) is 15.6. The normalized spacial score (nSPS) is 29.1. The summed E-state index contributed by atoms with van der Waals surface area (Å²) in [5.74, 6) is -0.0237. The van der Waals surface area contributed by atoms with Gasteiger partial charge < -0.3 is 35.2 Å². The number of hydrogen-bond donors (Lipinski definition) is 6. The summed E-state index contributed by atoms with van der Waals surface area (Å²) in [4.78, 5) is 51.2. The van der Waals surface area contributed by atoms with E-state index in [1.165, 1.54) is 0 Å². The zero-order valence-electron chi connectivity index (χ0n) is 16.6. The van der Waals surface area contributed by atoms with E-state index >= 15 is 4.39 Å². The topological polar surface area (TPSA) is 271 Å². The van der Waals surface area contributed by atoms with Gasteiger partial charge in [0.2, 0.25) is 0 Å². The van der Waals surface area contributed by atoms with Crippen molar-refractivity contribution < 1.29 is 60.6 Å². The van der Waals surface area contributed by atoms with Crippen molar-refractivity contribution in [2.24, 2.45) is 4.99 Å². The Bertz CT molecular complexity index is 1220. The number of aliphatic hydroxyl groups is 1. The fourth-order valence-electron chi connectivity index (χ4n) is 3.07. The van der Waals surface area contributed by atoms with Gasteiger partial charge in [0.1, 0.15) is 23.5 Å². The number of phosphoric ester groups is 1. The lowest BCUT2D eigenvalue weighted by molar-refractivity contribution is -0.118. The molecule has 3 rings (SSSR count). The van der Waals surface area contributed by atoms with Crippen molar-refractivity contribution in [1.82, 2.24) is 19.5 Å². The number of imidazole rings is 1. The molecule has 2 aromatic heterocycles. The summed E-state index contributed by atoms with van der Waals surface area (Å²) in [6.45, 7) is 1.42. The van der Waals surface area contributed by atoms with Crippen LogP contribution in [0.2, 0.25) is 0 Å². The number of nitrogen functional groups attached to an aromatic ring is 1. The fraction of sp³-hybridized carbons (Fsp3) is 0.500. The van der Waals surface area contributed by atoms with Crippen LogP contribution < -0.4 is 5.73 Å². The number of aliphatic imine (C=N–C) groups is 1. The Morgan fingerprint density at radius 3 is 2.50 bits per heavy atom. The van der Waals surface area contributed by atoms with Crippen molar-refractivity contribution in [3.05, 3.63) is 12.7 Å². The minimum Gasteiger partial charge on any atom is -0.387 e. The first kappa shape index (κ1) is 26.9. The maximum Gasteiger partial charge on any atom is 0.490 e. The third-order valence-corrected chi connectivity index (χ3v) is 8.18. The van der Waals surface area contributed by atoms with Gasteiger partial charge >= 0.3 is 23.5 Å². The van der Waals surface area contributed by atoms with Crippen molar-refractivity contribution in [1.29, 1.82) is 0 Å². The van der Waals surface area contributed by atoms with Crippen LogP contribution in [0.4, 0.5) is 10.2 Å². The van der Waals surface area contributed by atoms with Crippen LogP contribution in [0, 0.1) is 0 Å². The third kappa shape index (κ3) is 5.73. The molecule has 6 atom stereocenters. The molecule has 0 spiro atoms. The first-order valence-corrected chi connectivity index (χ1v) is 13.3. The average Bonchev–Trinajstić information content (AvgIpc) is 3.20. The lowest BCUT2D eigenvalue weighted by Crippen LogP contribution is -2.48. The molecule has 22 heteroatoms. The Morgan fingerprint density at radius 1 is 1.21 bits per heavy atom. The molecule has 0 saturated carbocycles. The molecule has 190 valence electrons. The van der Waals surface area contributed by atoms with Crippen LogP contribution in [0.5, 0.6) is 0 Å². The predicted molar refractivity (Wildman–Crippen MR) is 108 cm³/mol. The van der Waals surface area contributed by atoms with Gasteiger partial charge in [-0.3, -0.25) is 14.1 Å². The highest BCUT2D eigenvalue weighted by molar-refractivity contribution is 7.66. The Labute approximate surface area is 188 Å². The van der Waals surface area contributed by atoms with E-state index in [1.807, 2.05) is 0 Å². The van der Waals surface area contributed by atoms with Crippen molar-refractivity contribution >= 4 is 47.2 Å². The van der Waals surface area contributed by atoms with Crippen LogP contribution in [-0.2, 0) is 31.6 Å². The molecule has 34 heavy (non-hydrogen) atoms. The molecule has 3 heterocycles. The Morgan fingerprint density at radius 2 is 1.88 bits per heavy atom. The van der Waals surface area contributed by atoms with E-state index in [9.17, 15) is 28.6 Å². The number of ether oxygens (including phenoxy) is 1. The van der Waals surface area contributed by atoms with Gasteiger partial charge in [0.15, 0.2) is 23.9 Å². The quantitative estimate of drug-likeness (QED) is 0.159. The highest BCUT2D eigenvalue weighted by atomic mass is 31.3. The van der Waals surface area contributed by atoms with Gasteiger partial charge in [0.25, 0.3) is 0 Å². The predicted octanol–water partition coefficient (Wildman–Crippen LogP) is -0.581. The van der Waals surface area contributed by atoms with Gasteiger partial charge in [0, 0.05) is 0 Å². The summed E-state index contributed by atoms with van der Waals surface area (Å²) in [7, 11) is -17.0. The second-order valence-electron chi connectivity index (χ2n) is 6.79. The van der Waals surface area contributed by atoms with Crippen molar-refractivity contribution in [2.75, 3.05) is 18.9 Å². The average molecular weight is 550 g/mol. The van der Waals surface area contributed by atoms with E-state index in [0.29, 0.717) is 0 Å². The molecule has 1 aliphatic heterocycles. The molecule has 2 aromatic rings. The second kappa shape index (κ2) is 9.39. The Hall–Kier alpha value is -1.72. The van der Waals surface area contributed by atoms with Gasteiger partial charge in [-0.2, -0.15) is 8.62 Å². The van der Waals surface area contributed by atoms with Crippen LogP contribution in [0.25, 0.3) is 11.2 Å². The highest BCUT2D eigenvalue weighted by Gasteiger charge is 2.57. The molecule has 2 unspecified atom stereocenters. The lowest BCUT2D eigenvalue weighted by atomic mass is 9.97. The smallest absolute Gasteiger partial charge is 0.387 e. The van der Waals surface area contributed by atoms with Crippen molar-refractivity contribution in [2.45, 2.75) is 24.1 Å². The van der Waals surface area contributed by atoms with Crippen LogP contribution in [-0.4, -0.2) is 81.9 Å². The molecule has 0 aliphatic carbocycles. The maximum absolute atomic E-state index is 15.1. The number of aliphatic hydroxyl groups excluding tert-OH is 1. The summed E-state index contributed by atoms with van der Waals surface area (Å²) in [5.41, 5.74) is 3.63. The van der Waals surface area contributed by atoms with E-state index < -0.39 is 60.7 Å². The number of halogens is 1. The van der Waals surface area contributed by atoms with E-state index in [-0.39, 0.29) is 17.0 Å². The van der Waals surface area contributed by atoms with Crippen molar-refractivity contribution in [3.8, 4) is 0 Å². The molecule has 1 fully saturated rings. The number of anilines is 1. The summed E-state index contributed by atoms with van der Waals surface area (Å²) >= 11 is 0. The van der Waals surface area contributed by atoms with Gasteiger partial charge in [-0.05, 0) is 6.72 Å². The second-order valence-corrected chi connectivity index (χ2v) is 11.2. The molecule has 0 amide bonds. The van der Waals surface area contributed by atoms with E-state index in [2.05, 4.69) is 39.8 Å². The maximum atomic E-state index is 15.1. The fourth-order valence-corrected chi connectivity index (χ4v) is 6.14. The van der Waals surface area contributed by atoms with Gasteiger partial charge in [-0.1, -0.05) is 0 Å². The van der Waals surface area contributed by atoms with E-state index in [1.54, 1.807) is 0 Å². The number of hydrogen-bond acceptors (Lipinski definition) is 13. The number of alkyl halides is 1. The third-order valence-electron chi connectivity index (χ3n) is 4.40. The molecular weight excluding hydrogens is 532 g/mol. The number of fused-ring (bicyclic) bond motifs is 1. The Kier molecular flexibility index (Phi) is 7.42. The minimum atomic E-state index is -5.80. The number of nitrogens with zero attached hydrogens (tertiary/aromatic N) is 5. The van der Waals surface area contributed by atoms with Crippen LogP contribution in [0.15, 0.2) is 17.6 Å². The van der Waals surface area contributed by atoms with Gasteiger partial charge in [-0.15, -0.1) is 0 Å². The Balaban J connectivity index is 1.84. The molecule has 1 aliphatic rings. The summed E-state index contributed by atoms with van der Waals surface area (Å²) in [6.07, 6.45) is -3.73. The standard InChI is InChI=1S/C12H18FN6O12P3/c1-15-2-12(3-28-33(24,25)31-34(26,27)30-32(21,22)23)8(20)6(13)11(29-12)19-5-18-7-9(14)16-4-17-10(7)19/h4-6,8,11,20H,1-3H2,(H,24,25)(H,26,27)(H2,14,16,17)(H2,21,22,23)/t6-,8+,11-,12-/m1/s1. The number of rotatable bonds is 10. The SMILES string of the molecule is C=NC[C@]1(COP(=O)(O)OP(=O)(O)OP(=O)(O)O)O[C@@H](n2cnc3c(N)ncnc32)[C@H](F)[C@@H]1O. The molecular formula is C12H18FN6O12P3. The molecule has 7 N–H and O–H groups in total. The first-order valence-electron chi connectivity index (χ1n) is 8.73. The van der Waals surface area contributed by atoms with Gasteiger partial charge in [-0.25, -0.2) is 33.0 Å². The van der Waals surface area contributed by atoms with Crippen molar-refractivity contribution in [3.63, 3.8) is 0 Å². The minimum absolute atomic E-state index is 0.0237. The molecule has 1 saturated heterocycles. The number of nitrogens with two attached hydrogens (primary N) is 1. The van der Waals surface area contributed by atoms with Crippen LogP contribution in [0.3, 0.4) is 0 Å². The zero-order chi connectivity index (χ0) is 25.5. The molecule has 0 radical (unpaired) electrons.